The number of rotatable bonds is 6. The molecule has 4 heterocycles. The van der Waals surface area contributed by atoms with Gasteiger partial charge < -0.3 is 15.2 Å². The van der Waals surface area contributed by atoms with Crippen molar-refractivity contribution in [1.82, 2.24) is 40.2 Å². The summed E-state index contributed by atoms with van der Waals surface area (Å²) in [5, 5.41) is 21.8. The van der Waals surface area contributed by atoms with Crippen LogP contribution in [0.1, 0.15) is 28.8 Å². The van der Waals surface area contributed by atoms with Crippen LogP contribution >= 0.6 is 35.3 Å². The Morgan fingerprint density at radius 2 is 2.28 bits per heavy atom. The predicted octanol–water partition coefficient (Wildman–Crippen LogP) is 1.69. The van der Waals surface area contributed by atoms with E-state index in [1.807, 2.05) is 23.2 Å². The second-order valence-corrected chi connectivity index (χ2v) is 7.91. The van der Waals surface area contributed by atoms with Gasteiger partial charge in [-0.2, -0.15) is 5.10 Å². The number of nitrogens with one attached hydrogen (secondary N) is 2. The third kappa shape index (κ3) is 5.53. The van der Waals surface area contributed by atoms with Gasteiger partial charge in [0, 0.05) is 30.9 Å². The molecule has 0 saturated heterocycles. The average molecular weight is 527 g/mol. The summed E-state index contributed by atoms with van der Waals surface area (Å²) in [4.78, 5) is 10.4. The summed E-state index contributed by atoms with van der Waals surface area (Å²) in [5.74, 6) is 3.58. The van der Waals surface area contributed by atoms with Crippen molar-refractivity contribution in [2.45, 2.75) is 45.3 Å². The lowest BCUT2D eigenvalue weighted by molar-refractivity contribution is 0.392. The third-order valence-electron chi connectivity index (χ3n) is 4.95. The van der Waals surface area contributed by atoms with Crippen LogP contribution in [0.3, 0.4) is 0 Å². The Balaban J connectivity index is 0.00000240. The van der Waals surface area contributed by atoms with Crippen LogP contribution in [-0.2, 0) is 33.0 Å². The van der Waals surface area contributed by atoms with E-state index in [4.69, 9.17) is 4.99 Å². The summed E-state index contributed by atoms with van der Waals surface area (Å²) in [5.41, 5.74) is 0. The number of aryl methyl sites for hydroxylation is 2. The minimum Gasteiger partial charge on any atom is -0.356 e. The molecule has 0 fully saturated rings. The average Bonchev–Trinajstić information content (AvgIpc) is 3.43. The van der Waals surface area contributed by atoms with Gasteiger partial charge in [-0.25, -0.2) is 14.7 Å². The first-order valence-electron chi connectivity index (χ1n) is 9.48. The first-order chi connectivity index (χ1) is 13.7. The first kappa shape index (κ1) is 21.7. The van der Waals surface area contributed by atoms with Crippen LogP contribution in [0.5, 0.6) is 0 Å². The molecule has 1 aliphatic rings. The van der Waals surface area contributed by atoms with Crippen LogP contribution in [0, 0.1) is 6.92 Å². The fraction of sp³-hybridized carbons (Fsp3) is 0.500. The fourth-order valence-electron chi connectivity index (χ4n) is 3.20. The summed E-state index contributed by atoms with van der Waals surface area (Å²) in [6.07, 6.45) is 4.53. The van der Waals surface area contributed by atoms with E-state index in [9.17, 15) is 0 Å². The summed E-state index contributed by atoms with van der Waals surface area (Å²) in [7, 11) is 1.96. The molecule has 1 unspecified atom stereocenters. The van der Waals surface area contributed by atoms with Crippen LogP contribution in [0.15, 0.2) is 28.8 Å². The lowest BCUT2D eigenvalue weighted by Gasteiger charge is -2.25. The zero-order chi connectivity index (χ0) is 19.3. The molecule has 0 saturated carbocycles. The van der Waals surface area contributed by atoms with Crippen molar-refractivity contribution in [3.8, 4) is 0 Å². The van der Waals surface area contributed by atoms with Gasteiger partial charge in [0.15, 0.2) is 11.8 Å². The zero-order valence-electron chi connectivity index (χ0n) is 16.6. The number of fused-ring (bicyclic) bond motifs is 1. The summed E-state index contributed by atoms with van der Waals surface area (Å²) >= 11 is 1.78. The van der Waals surface area contributed by atoms with E-state index in [1.165, 1.54) is 4.88 Å². The number of aromatic nitrogens is 6. The van der Waals surface area contributed by atoms with Crippen molar-refractivity contribution < 1.29 is 0 Å². The Labute approximate surface area is 191 Å². The van der Waals surface area contributed by atoms with Crippen molar-refractivity contribution in [2.24, 2.45) is 12.0 Å². The highest BCUT2D eigenvalue weighted by Crippen LogP contribution is 2.12. The molecule has 29 heavy (non-hydrogen) atoms. The standard InChI is InChI=1S/C18H25N9S.HI/c1-13-24-25-17(26(13)2)10-20-18(19-8-7-15-4-3-9-28-15)23-14-5-6-16-21-12-22-27(16)11-14;/h3-4,9,12,14H,5-8,10-11H2,1-2H3,(H2,19,20,23);1H. The Morgan fingerprint density at radius 1 is 1.38 bits per heavy atom. The Bertz CT molecular complexity index is 931. The van der Waals surface area contributed by atoms with E-state index in [0.29, 0.717) is 6.54 Å². The molecular formula is C18H26IN9S. The predicted molar refractivity (Wildman–Crippen MR) is 124 cm³/mol. The number of hydrogen-bond acceptors (Lipinski definition) is 6. The van der Waals surface area contributed by atoms with E-state index in [1.54, 1.807) is 17.7 Å². The second kappa shape index (κ2) is 10.1. The number of hydrogen-bond donors (Lipinski definition) is 2. The highest BCUT2D eigenvalue weighted by molar-refractivity contribution is 14.0. The number of nitrogens with zero attached hydrogens (tertiary/aromatic N) is 7. The molecule has 0 spiro atoms. The van der Waals surface area contributed by atoms with E-state index in [0.717, 1.165) is 55.8 Å². The van der Waals surface area contributed by atoms with Gasteiger partial charge in [0.05, 0.1) is 6.54 Å². The van der Waals surface area contributed by atoms with Crippen LogP contribution in [0.25, 0.3) is 0 Å². The summed E-state index contributed by atoms with van der Waals surface area (Å²) in [6.45, 7) is 4.04. The van der Waals surface area contributed by atoms with Crippen molar-refractivity contribution in [3.63, 3.8) is 0 Å². The minimum absolute atomic E-state index is 0. The summed E-state index contributed by atoms with van der Waals surface area (Å²) in [6, 6.07) is 4.51. The topological polar surface area (TPSA) is 97.8 Å². The highest BCUT2D eigenvalue weighted by atomic mass is 127. The molecule has 4 rings (SSSR count). The molecule has 9 nitrogen and oxygen atoms in total. The maximum atomic E-state index is 4.75. The van der Waals surface area contributed by atoms with Crippen molar-refractivity contribution in [1.29, 1.82) is 0 Å². The first-order valence-corrected chi connectivity index (χ1v) is 10.4. The number of guanidine groups is 1. The second-order valence-electron chi connectivity index (χ2n) is 6.88. The van der Waals surface area contributed by atoms with Crippen molar-refractivity contribution >= 4 is 41.3 Å². The molecule has 11 heteroatoms. The van der Waals surface area contributed by atoms with Crippen molar-refractivity contribution in [3.05, 3.63) is 46.2 Å². The molecule has 156 valence electrons. The molecule has 1 aliphatic heterocycles. The van der Waals surface area contributed by atoms with Gasteiger partial charge in [0.25, 0.3) is 0 Å². The number of thiophene rings is 1. The van der Waals surface area contributed by atoms with Gasteiger partial charge in [-0.05, 0) is 31.2 Å². The molecule has 3 aromatic heterocycles. The van der Waals surface area contributed by atoms with Gasteiger partial charge in [0.1, 0.15) is 24.5 Å². The SMILES string of the molecule is Cc1nnc(CN=C(NCCc2cccs2)NC2CCc3ncnn3C2)n1C.I. The van der Waals surface area contributed by atoms with Gasteiger partial charge >= 0.3 is 0 Å². The third-order valence-corrected chi connectivity index (χ3v) is 5.89. The van der Waals surface area contributed by atoms with E-state index < -0.39 is 0 Å². The Hall–Kier alpha value is -2.02. The molecule has 3 aromatic rings. The van der Waals surface area contributed by atoms with E-state index in [2.05, 4.69) is 48.4 Å². The zero-order valence-corrected chi connectivity index (χ0v) is 19.7. The molecule has 0 bridgehead atoms. The normalized spacial score (nSPS) is 16.2. The van der Waals surface area contributed by atoms with Crippen LogP contribution < -0.4 is 10.6 Å². The number of halogens is 1. The van der Waals surface area contributed by atoms with Crippen LogP contribution in [0.4, 0.5) is 0 Å². The maximum Gasteiger partial charge on any atom is 0.192 e. The fourth-order valence-corrected chi connectivity index (χ4v) is 3.91. The molecule has 2 N–H and O–H groups in total. The highest BCUT2D eigenvalue weighted by Gasteiger charge is 2.20. The van der Waals surface area contributed by atoms with Crippen LogP contribution in [0.2, 0.25) is 0 Å². The Morgan fingerprint density at radius 3 is 3.03 bits per heavy atom. The maximum absolute atomic E-state index is 4.75. The molecule has 0 amide bonds. The molecular weight excluding hydrogens is 501 g/mol. The lowest BCUT2D eigenvalue weighted by Crippen LogP contribution is -2.47. The van der Waals surface area contributed by atoms with Gasteiger partial charge in [-0.1, -0.05) is 6.07 Å². The quantitative estimate of drug-likeness (QED) is 0.288. The largest absolute Gasteiger partial charge is 0.356 e. The number of aliphatic imine (C=N–C) groups is 1. The van der Waals surface area contributed by atoms with Crippen LogP contribution in [-0.4, -0.2) is 48.1 Å². The van der Waals surface area contributed by atoms with Gasteiger partial charge in [0.2, 0.25) is 0 Å². The summed E-state index contributed by atoms with van der Waals surface area (Å²) < 4.78 is 3.94. The van der Waals surface area contributed by atoms with E-state index >= 15 is 0 Å². The van der Waals surface area contributed by atoms with Gasteiger partial charge in [-0.15, -0.1) is 45.5 Å². The Kier molecular flexibility index (Phi) is 7.58. The molecule has 1 atom stereocenters. The lowest BCUT2D eigenvalue weighted by atomic mass is 10.1. The molecule has 0 aromatic carbocycles. The van der Waals surface area contributed by atoms with Crippen molar-refractivity contribution in [2.75, 3.05) is 6.54 Å². The molecule has 0 aliphatic carbocycles. The molecule has 0 radical (unpaired) electrons. The monoisotopic (exact) mass is 527 g/mol. The van der Waals surface area contributed by atoms with E-state index in [-0.39, 0.29) is 30.0 Å². The van der Waals surface area contributed by atoms with Gasteiger partial charge in [-0.3, -0.25) is 0 Å². The smallest absolute Gasteiger partial charge is 0.192 e. The minimum atomic E-state index is 0.